The van der Waals surface area contributed by atoms with Crippen molar-refractivity contribution >= 4 is 5.97 Å². The highest BCUT2D eigenvalue weighted by Crippen LogP contribution is 2.07. The van der Waals surface area contributed by atoms with Gasteiger partial charge in [-0.15, -0.1) is 0 Å². The fraction of sp³-hybridized carbons (Fsp3) is 0.688. The molecule has 0 fully saturated rings. The summed E-state index contributed by atoms with van der Waals surface area (Å²) in [5.74, 6) is -0.259. The summed E-state index contributed by atoms with van der Waals surface area (Å²) in [6, 6.07) is 0. The lowest BCUT2D eigenvalue weighted by Gasteiger charge is -1.97. The second kappa shape index (κ2) is 14.0. The Labute approximate surface area is 112 Å². The molecule has 0 amide bonds. The van der Waals surface area contributed by atoms with Crippen molar-refractivity contribution in [3.63, 3.8) is 0 Å². The number of allylic oxidation sites excluding steroid dienone is 3. The Kier molecular flexibility index (Phi) is 13.2. The molecule has 0 bridgehead atoms. The van der Waals surface area contributed by atoms with Gasteiger partial charge in [-0.3, -0.25) is 4.79 Å². The molecule has 0 N–H and O–H groups in total. The summed E-state index contributed by atoms with van der Waals surface area (Å²) in [4.78, 5) is 10.5. The van der Waals surface area contributed by atoms with E-state index in [2.05, 4.69) is 19.1 Å². The predicted molar refractivity (Wildman–Crippen MR) is 77.3 cm³/mol. The van der Waals surface area contributed by atoms with Gasteiger partial charge < -0.3 is 4.74 Å². The Balaban J connectivity index is 3.18. The normalized spacial score (nSPS) is 11.4. The second-order valence-corrected chi connectivity index (χ2v) is 4.59. The van der Waals surface area contributed by atoms with Crippen molar-refractivity contribution in [3.8, 4) is 0 Å². The lowest BCUT2D eigenvalue weighted by atomic mass is 10.1. The molecule has 18 heavy (non-hydrogen) atoms. The molecular weight excluding hydrogens is 224 g/mol. The maximum Gasteiger partial charge on any atom is 0.307 e. The summed E-state index contributed by atoms with van der Waals surface area (Å²) in [7, 11) is 0. The summed E-state index contributed by atoms with van der Waals surface area (Å²) >= 11 is 0. The van der Waals surface area contributed by atoms with Crippen molar-refractivity contribution in [3.05, 3.63) is 24.5 Å². The number of hydrogen-bond acceptors (Lipinski definition) is 2. The second-order valence-electron chi connectivity index (χ2n) is 4.59. The van der Waals surface area contributed by atoms with Gasteiger partial charge in [-0.2, -0.15) is 0 Å². The van der Waals surface area contributed by atoms with Crippen LogP contribution in [-0.2, 0) is 9.53 Å². The lowest BCUT2D eigenvalue weighted by Crippen LogP contribution is -1.88. The predicted octanol–water partition coefficient (Wildman–Crippen LogP) is 5.15. The summed E-state index contributed by atoms with van der Waals surface area (Å²) in [5.41, 5.74) is 0. The zero-order valence-electron chi connectivity index (χ0n) is 12.0. The number of rotatable bonds is 11. The van der Waals surface area contributed by atoms with E-state index in [9.17, 15) is 4.79 Å². The standard InChI is InChI=1S/C16H28O2/c1-3-4-5-6-7-8-9-10-11-12-13-14-15-18-16(2)17/h10-11,14-15H,3-9,12-13H2,1-2H3. The average molecular weight is 252 g/mol. The van der Waals surface area contributed by atoms with Gasteiger partial charge in [-0.05, 0) is 31.8 Å². The summed E-state index contributed by atoms with van der Waals surface area (Å²) in [5, 5.41) is 0. The van der Waals surface area contributed by atoms with Crippen LogP contribution in [-0.4, -0.2) is 5.97 Å². The molecule has 0 radical (unpaired) electrons. The number of unbranched alkanes of at least 4 members (excludes halogenated alkanes) is 7. The molecule has 0 heterocycles. The first-order valence-electron chi connectivity index (χ1n) is 7.24. The van der Waals surface area contributed by atoms with Crippen molar-refractivity contribution in [1.82, 2.24) is 0 Å². The van der Waals surface area contributed by atoms with Gasteiger partial charge in [0.1, 0.15) is 0 Å². The van der Waals surface area contributed by atoms with E-state index in [1.165, 1.54) is 58.1 Å². The minimum absolute atomic E-state index is 0.259. The molecular formula is C16H28O2. The average Bonchev–Trinajstić information content (AvgIpc) is 2.34. The molecule has 0 aliphatic rings. The maximum atomic E-state index is 10.5. The molecule has 0 unspecified atom stereocenters. The highest BCUT2D eigenvalue weighted by atomic mass is 16.5. The van der Waals surface area contributed by atoms with Crippen LogP contribution in [0.5, 0.6) is 0 Å². The fourth-order valence-corrected chi connectivity index (χ4v) is 1.68. The lowest BCUT2D eigenvalue weighted by molar-refractivity contribution is -0.135. The number of carbonyl (C=O) groups excluding carboxylic acids is 1. The van der Waals surface area contributed by atoms with Crippen LogP contribution >= 0.6 is 0 Å². The minimum atomic E-state index is -0.259. The SMILES string of the molecule is CCCCCCCCC=CCCC=COC(C)=O. The minimum Gasteiger partial charge on any atom is -0.435 e. The van der Waals surface area contributed by atoms with Crippen LogP contribution in [0.25, 0.3) is 0 Å². The topological polar surface area (TPSA) is 26.3 Å². The van der Waals surface area contributed by atoms with Crippen LogP contribution in [0.4, 0.5) is 0 Å². The van der Waals surface area contributed by atoms with Gasteiger partial charge in [0.15, 0.2) is 0 Å². The van der Waals surface area contributed by atoms with Gasteiger partial charge in [0.05, 0.1) is 6.26 Å². The molecule has 2 heteroatoms. The quantitative estimate of drug-likeness (QED) is 0.220. The molecule has 0 saturated heterocycles. The molecule has 0 aromatic carbocycles. The number of hydrogen-bond donors (Lipinski definition) is 0. The smallest absolute Gasteiger partial charge is 0.307 e. The molecule has 0 aromatic heterocycles. The summed E-state index contributed by atoms with van der Waals surface area (Å²) in [6.07, 6.45) is 19.1. The van der Waals surface area contributed by atoms with Crippen LogP contribution in [0.1, 0.15) is 71.6 Å². The third-order valence-corrected chi connectivity index (χ3v) is 2.72. The van der Waals surface area contributed by atoms with E-state index in [1.807, 2.05) is 6.08 Å². The first kappa shape index (κ1) is 16.9. The molecule has 0 saturated carbocycles. The van der Waals surface area contributed by atoms with Crippen LogP contribution in [0.2, 0.25) is 0 Å². The first-order valence-corrected chi connectivity index (χ1v) is 7.24. The van der Waals surface area contributed by atoms with E-state index in [0.717, 1.165) is 12.8 Å². The van der Waals surface area contributed by atoms with E-state index in [-0.39, 0.29) is 5.97 Å². The maximum absolute atomic E-state index is 10.5. The zero-order chi connectivity index (χ0) is 13.5. The van der Waals surface area contributed by atoms with Gasteiger partial charge in [-0.25, -0.2) is 0 Å². The molecule has 0 aliphatic carbocycles. The molecule has 104 valence electrons. The zero-order valence-corrected chi connectivity index (χ0v) is 12.0. The Morgan fingerprint density at radius 2 is 1.50 bits per heavy atom. The van der Waals surface area contributed by atoms with Gasteiger partial charge in [0.2, 0.25) is 0 Å². The van der Waals surface area contributed by atoms with E-state index >= 15 is 0 Å². The third kappa shape index (κ3) is 14.9. The number of ether oxygens (including phenoxy) is 1. The van der Waals surface area contributed by atoms with Gasteiger partial charge in [-0.1, -0.05) is 51.2 Å². The monoisotopic (exact) mass is 252 g/mol. The Morgan fingerprint density at radius 1 is 0.889 bits per heavy atom. The molecule has 0 rings (SSSR count). The fourth-order valence-electron chi connectivity index (χ4n) is 1.68. The van der Waals surface area contributed by atoms with Crippen molar-refractivity contribution < 1.29 is 9.53 Å². The van der Waals surface area contributed by atoms with E-state index in [4.69, 9.17) is 4.74 Å². The Morgan fingerprint density at radius 3 is 2.22 bits per heavy atom. The summed E-state index contributed by atoms with van der Waals surface area (Å²) in [6.45, 7) is 3.66. The van der Waals surface area contributed by atoms with E-state index in [0.29, 0.717) is 0 Å². The van der Waals surface area contributed by atoms with Crippen LogP contribution < -0.4 is 0 Å². The largest absolute Gasteiger partial charge is 0.435 e. The highest BCUT2D eigenvalue weighted by molar-refractivity contribution is 5.66. The van der Waals surface area contributed by atoms with Crippen molar-refractivity contribution in [2.45, 2.75) is 71.6 Å². The molecule has 0 aromatic rings. The summed E-state index contributed by atoms with van der Waals surface area (Å²) < 4.78 is 4.69. The Hall–Kier alpha value is -1.05. The van der Waals surface area contributed by atoms with Crippen molar-refractivity contribution in [2.75, 3.05) is 0 Å². The molecule has 0 atom stereocenters. The van der Waals surface area contributed by atoms with E-state index in [1.54, 1.807) is 0 Å². The third-order valence-electron chi connectivity index (χ3n) is 2.72. The van der Waals surface area contributed by atoms with Crippen LogP contribution in [0.3, 0.4) is 0 Å². The van der Waals surface area contributed by atoms with Crippen LogP contribution in [0, 0.1) is 0 Å². The van der Waals surface area contributed by atoms with Gasteiger partial charge >= 0.3 is 5.97 Å². The number of carbonyl (C=O) groups is 1. The first-order chi connectivity index (χ1) is 8.77. The van der Waals surface area contributed by atoms with Gasteiger partial charge in [0.25, 0.3) is 0 Å². The van der Waals surface area contributed by atoms with Crippen molar-refractivity contribution in [2.24, 2.45) is 0 Å². The van der Waals surface area contributed by atoms with Gasteiger partial charge in [0, 0.05) is 6.92 Å². The number of esters is 1. The van der Waals surface area contributed by atoms with Crippen molar-refractivity contribution in [1.29, 1.82) is 0 Å². The van der Waals surface area contributed by atoms with E-state index < -0.39 is 0 Å². The Bertz CT molecular complexity index is 241. The molecule has 2 nitrogen and oxygen atoms in total. The van der Waals surface area contributed by atoms with Crippen LogP contribution in [0.15, 0.2) is 24.5 Å². The molecule has 0 spiro atoms. The highest BCUT2D eigenvalue weighted by Gasteiger charge is 1.88. The molecule has 0 aliphatic heterocycles.